The number of para-hydroxylation sites is 1. The molecule has 0 spiro atoms. The van der Waals surface area contributed by atoms with Gasteiger partial charge >= 0.3 is 11.8 Å². The van der Waals surface area contributed by atoms with Gasteiger partial charge in [0.2, 0.25) is 0 Å². The third kappa shape index (κ3) is 5.05. The summed E-state index contributed by atoms with van der Waals surface area (Å²) >= 11 is 6.81. The molecule has 0 aliphatic rings. The molecule has 0 bridgehead atoms. The minimum Gasteiger partial charge on any atom is -0.320 e. The van der Waals surface area contributed by atoms with E-state index in [0.717, 1.165) is 15.6 Å². The third-order valence-electron chi connectivity index (χ3n) is 5.18. The van der Waals surface area contributed by atoms with E-state index in [1.165, 1.54) is 4.68 Å². The summed E-state index contributed by atoms with van der Waals surface area (Å²) in [6, 6.07) is 19.8. The highest BCUT2D eigenvalue weighted by molar-refractivity contribution is 9.10. The fourth-order valence-corrected chi connectivity index (χ4v) is 4.40. The van der Waals surface area contributed by atoms with Crippen LogP contribution in [0.1, 0.15) is 21.6 Å². The molecule has 34 heavy (non-hydrogen) atoms. The van der Waals surface area contributed by atoms with Crippen molar-refractivity contribution in [1.29, 1.82) is 0 Å². The molecule has 3 aromatic carbocycles. The van der Waals surface area contributed by atoms with Crippen molar-refractivity contribution in [2.75, 3.05) is 16.1 Å². The van der Waals surface area contributed by atoms with Crippen LogP contribution in [0.25, 0.3) is 10.9 Å². The molecule has 3 N–H and O–H groups in total. The first-order valence-corrected chi connectivity index (χ1v) is 11.9. The molecule has 0 radical (unpaired) electrons. The van der Waals surface area contributed by atoms with Gasteiger partial charge in [0.15, 0.2) is 0 Å². The number of amides is 3. The van der Waals surface area contributed by atoms with Gasteiger partial charge in [0, 0.05) is 20.0 Å². The number of aromatic nitrogens is 1. The summed E-state index contributed by atoms with van der Waals surface area (Å²) in [5, 5.41) is 6.17. The zero-order chi connectivity index (χ0) is 24.4. The number of hydrogen-bond donors (Lipinski definition) is 3. The summed E-state index contributed by atoms with van der Waals surface area (Å²) in [7, 11) is 0. The average molecular weight is 584 g/mol. The van der Waals surface area contributed by atoms with Crippen LogP contribution in [0.3, 0.4) is 0 Å². The van der Waals surface area contributed by atoms with Crippen LogP contribution in [-0.2, 0) is 9.59 Å². The number of nitrogens with zero attached hydrogens (tertiary/aromatic N) is 1. The van der Waals surface area contributed by atoms with Gasteiger partial charge in [0.1, 0.15) is 5.69 Å². The van der Waals surface area contributed by atoms with Crippen molar-refractivity contribution in [2.24, 2.45) is 0 Å². The molecule has 4 rings (SSSR count). The molecule has 0 unspecified atom stereocenters. The van der Waals surface area contributed by atoms with E-state index in [4.69, 9.17) is 0 Å². The number of rotatable bonds is 4. The normalized spacial score (nSPS) is 10.7. The topological polar surface area (TPSA) is 92.2 Å². The number of fused-ring (bicyclic) bond motifs is 1. The molecule has 7 nitrogen and oxygen atoms in total. The van der Waals surface area contributed by atoms with Crippen molar-refractivity contribution >= 4 is 71.9 Å². The molecule has 1 heterocycles. The largest absolute Gasteiger partial charge is 0.328 e. The lowest BCUT2D eigenvalue weighted by Crippen LogP contribution is -2.36. The van der Waals surface area contributed by atoms with Crippen molar-refractivity contribution in [1.82, 2.24) is 4.68 Å². The second-order valence-corrected chi connectivity index (χ2v) is 9.49. The van der Waals surface area contributed by atoms with Crippen molar-refractivity contribution in [3.63, 3.8) is 0 Å². The number of carbonyl (C=O) groups is 3. The quantitative estimate of drug-likeness (QED) is 0.267. The van der Waals surface area contributed by atoms with Crippen LogP contribution in [-0.4, -0.2) is 22.4 Å². The SMILES string of the molecule is Cc1ccc(NC(=O)C(=O)Nn2c(C(=O)Nc3ccccc3C)cc3cc(Br)ccc32)c(Br)c1. The highest BCUT2D eigenvalue weighted by Crippen LogP contribution is 2.25. The van der Waals surface area contributed by atoms with E-state index in [1.807, 2.05) is 50.2 Å². The van der Waals surface area contributed by atoms with Crippen molar-refractivity contribution in [3.8, 4) is 0 Å². The van der Waals surface area contributed by atoms with Crippen LogP contribution in [0.2, 0.25) is 0 Å². The van der Waals surface area contributed by atoms with Gasteiger partial charge in [-0.1, -0.05) is 40.2 Å². The number of carbonyl (C=O) groups excluding carboxylic acids is 3. The summed E-state index contributed by atoms with van der Waals surface area (Å²) in [6.45, 7) is 3.81. The van der Waals surface area contributed by atoms with E-state index in [9.17, 15) is 14.4 Å². The van der Waals surface area contributed by atoms with Gasteiger partial charge in [-0.2, -0.15) is 0 Å². The Balaban J connectivity index is 1.64. The average Bonchev–Trinajstić information content (AvgIpc) is 3.14. The van der Waals surface area contributed by atoms with E-state index in [-0.39, 0.29) is 5.69 Å². The molecule has 1 aromatic heterocycles. The van der Waals surface area contributed by atoms with Crippen LogP contribution in [0.15, 0.2) is 75.7 Å². The number of anilines is 2. The maximum Gasteiger partial charge on any atom is 0.328 e. The van der Waals surface area contributed by atoms with Crippen LogP contribution in [0.5, 0.6) is 0 Å². The highest BCUT2D eigenvalue weighted by Gasteiger charge is 2.22. The Bertz CT molecular complexity index is 1450. The molecule has 0 aliphatic heterocycles. The van der Waals surface area contributed by atoms with E-state index < -0.39 is 17.7 Å². The molecule has 0 atom stereocenters. The Morgan fingerprint density at radius 2 is 1.56 bits per heavy atom. The molecule has 3 amide bonds. The number of hydrogen-bond acceptors (Lipinski definition) is 3. The maximum absolute atomic E-state index is 13.2. The first-order valence-electron chi connectivity index (χ1n) is 10.3. The lowest BCUT2D eigenvalue weighted by molar-refractivity contribution is -0.133. The second kappa shape index (κ2) is 9.82. The van der Waals surface area contributed by atoms with Gasteiger partial charge in [0.25, 0.3) is 5.91 Å². The highest BCUT2D eigenvalue weighted by atomic mass is 79.9. The summed E-state index contributed by atoms with van der Waals surface area (Å²) in [4.78, 5) is 38.6. The zero-order valence-electron chi connectivity index (χ0n) is 18.3. The Hall–Kier alpha value is -3.43. The Morgan fingerprint density at radius 1 is 0.794 bits per heavy atom. The Kier molecular flexibility index (Phi) is 6.85. The van der Waals surface area contributed by atoms with Gasteiger partial charge in [0.05, 0.1) is 11.2 Å². The van der Waals surface area contributed by atoms with E-state index in [2.05, 4.69) is 47.9 Å². The van der Waals surface area contributed by atoms with Gasteiger partial charge in [-0.25, -0.2) is 4.68 Å². The molecule has 0 aliphatic carbocycles. The third-order valence-corrected chi connectivity index (χ3v) is 6.33. The van der Waals surface area contributed by atoms with E-state index in [1.54, 1.807) is 30.3 Å². The molecular weight excluding hydrogens is 564 g/mol. The molecular formula is C25H20Br2N4O3. The molecule has 4 aromatic rings. The van der Waals surface area contributed by atoms with Crippen LogP contribution in [0.4, 0.5) is 11.4 Å². The van der Waals surface area contributed by atoms with Gasteiger partial charge in [-0.15, -0.1) is 0 Å². The Morgan fingerprint density at radius 3 is 2.29 bits per heavy atom. The maximum atomic E-state index is 13.2. The number of benzene rings is 3. The van der Waals surface area contributed by atoms with Gasteiger partial charge in [-0.05, 0) is 83.4 Å². The van der Waals surface area contributed by atoms with Crippen LogP contribution < -0.4 is 16.1 Å². The first kappa shape index (κ1) is 23.7. The lowest BCUT2D eigenvalue weighted by Gasteiger charge is -2.14. The lowest BCUT2D eigenvalue weighted by atomic mass is 10.2. The van der Waals surface area contributed by atoms with E-state index >= 15 is 0 Å². The molecule has 9 heteroatoms. The second-order valence-electron chi connectivity index (χ2n) is 7.72. The minimum atomic E-state index is -0.919. The molecule has 0 saturated heterocycles. The summed E-state index contributed by atoms with van der Waals surface area (Å²) in [5.41, 5.74) is 6.31. The number of aryl methyl sites for hydroxylation is 2. The summed E-state index contributed by atoms with van der Waals surface area (Å²) in [5.74, 6) is -2.21. The minimum absolute atomic E-state index is 0.175. The first-order chi connectivity index (χ1) is 16.2. The van der Waals surface area contributed by atoms with Gasteiger partial charge < -0.3 is 10.6 Å². The standard InChI is InChI=1S/C25H20Br2N4O3/c1-14-7-9-20(18(27)11-14)29-24(33)25(34)30-31-21-10-8-17(26)12-16(21)13-22(31)23(32)28-19-6-4-3-5-15(19)2/h3-13H,1-2H3,(H,28,32)(H,29,33)(H,30,34). The number of nitrogens with one attached hydrogen (secondary N) is 3. The van der Waals surface area contributed by atoms with Gasteiger partial charge in [-0.3, -0.25) is 19.8 Å². The molecule has 172 valence electrons. The van der Waals surface area contributed by atoms with Crippen LogP contribution in [0, 0.1) is 13.8 Å². The fourth-order valence-electron chi connectivity index (χ4n) is 3.43. The Labute approximate surface area is 212 Å². The summed E-state index contributed by atoms with van der Waals surface area (Å²) in [6.07, 6.45) is 0. The molecule has 0 fully saturated rings. The number of halogens is 2. The smallest absolute Gasteiger partial charge is 0.320 e. The van der Waals surface area contributed by atoms with Crippen molar-refractivity contribution in [3.05, 3.63) is 92.5 Å². The predicted octanol–water partition coefficient (Wildman–Crippen LogP) is 5.74. The fraction of sp³-hybridized carbons (Fsp3) is 0.0800. The van der Waals surface area contributed by atoms with E-state index in [0.29, 0.717) is 26.8 Å². The van der Waals surface area contributed by atoms with Crippen molar-refractivity contribution < 1.29 is 14.4 Å². The summed E-state index contributed by atoms with van der Waals surface area (Å²) < 4.78 is 2.79. The zero-order valence-corrected chi connectivity index (χ0v) is 21.5. The van der Waals surface area contributed by atoms with Crippen molar-refractivity contribution in [2.45, 2.75) is 13.8 Å². The van der Waals surface area contributed by atoms with Crippen LogP contribution >= 0.6 is 31.9 Å². The monoisotopic (exact) mass is 582 g/mol. The predicted molar refractivity (Wildman–Crippen MR) is 141 cm³/mol. The molecule has 0 saturated carbocycles.